The normalized spacial score (nSPS) is 18.1. The van der Waals surface area contributed by atoms with Crippen LogP contribution in [0.15, 0.2) is 18.6 Å². The highest BCUT2D eigenvalue weighted by molar-refractivity contribution is 7.18. The molecule has 2 aliphatic rings. The Morgan fingerprint density at radius 2 is 1.92 bits per heavy atom. The van der Waals surface area contributed by atoms with Crippen molar-refractivity contribution in [2.24, 2.45) is 0 Å². The fourth-order valence-electron chi connectivity index (χ4n) is 5.74. The van der Waals surface area contributed by atoms with Crippen molar-refractivity contribution in [3.63, 3.8) is 0 Å². The number of hydrogen-bond acceptors (Lipinski definition) is 9. The predicted octanol–water partition coefficient (Wildman–Crippen LogP) is 6.12. The predicted molar refractivity (Wildman–Crippen MR) is 148 cm³/mol. The molecule has 0 bridgehead atoms. The van der Waals surface area contributed by atoms with Gasteiger partial charge in [0.25, 0.3) is 0 Å². The maximum atomic E-state index is 13.8. The molecule has 1 saturated heterocycles. The first-order chi connectivity index (χ1) is 18.6. The van der Waals surface area contributed by atoms with Gasteiger partial charge in [-0.15, -0.1) is 0 Å². The molecule has 5 heterocycles. The molecule has 6 rings (SSSR count). The topological polar surface area (TPSA) is 102 Å². The number of aromatic nitrogens is 5. The van der Waals surface area contributed by atoms with Gasteiger partial charge in [-0.1, -0.05) is 25.2 Å². The Morgan fingerprint density at radius 3 is 2.56 bits per heavy atom. The molecule has 11 heteroatoms. The molecule has 0 N–H and O–H groups in total. The monoisotopic (exact) mass is 553 g/mol. The van der Waals surface area contributed by atoms with E-state index in [9.17, 15) is 4.79 Å². The van der Waals surface area contributed by atoms with Crippen molar-refractivity contribution in [2.45, 2.75) is 83.5 Å². The zero-order valence-corrected chi connectivity index (χ0v) is 24.1. The molecule has 0 amide bonds. The Bertz CT molecular complexity index is 1530. The van der Waals surface area contributed by atoms with Crippen LogP contribution >= 0.6 is 11.3 Å². The largest absolute Gasteiger partial charge is 0.493 e. The molecule has 0 atom stereocenters. The number of hydrogen-bond donors (Lipinski definition) is 0. The van der Waals surface area contributed by atoms with Crippen molar-refractivity contribution in [2.75, 3.05) is 20.3 Å². The SMILES string of the molecule is COc1cc(-c2c(C(C)C)c3nc(C4CCC5(CC4)OCCO5)sc3n2C(=O)OC(C)(C)C)cn2ncnc12. The van der Waals surface area contributed by atoms with E-state index in [2.05, 4.69) is 23.9 Å². The lowest BCUT2D eigenvalue weighted by Gasteiger charge is -2.34. The van der Waals surface area contributed by atoms with E-state index < -0.39 is 17.5 Å². The van der Waals surface area contributed by atoms with Crippen LogP contribution in [0.1, 0.15) is 82.7 Å². The lowest BCUT2D eigenvalue weighted by molar-refractivity contribution is -0.178. The second-order valence-electron chi connectivity index (χ2n) is 11.6. The third-order valence-electron chi connectivity index (χ3n) is 7.46. The van der Waals surface area contributed by atoms with E-state index in [1.165, 1.54) is 6.33 Å². The lowest BCUT2D eigenvalue weighted by atomic mass is 9.85. The maximum Gasteiger partial charge on any atom is 0.420 e. The molecule has 2 fully saturated rings. The maximum absolute atomic E-state index is 13.8. The summed E-state index contributed by atoms with van der Waals surface area (Å²) in [6.07, 6.45) is 6.51. The summed E-state index contributed by atoms with van der Waals surface area (Å²) < 4.78 is 26.8. The van der Waals surface area contributed by atoms with E-state index in [1.807, 2.05) is 33.0 Å². The van der Waals surface area contributed by atoms with Gasteiger partial charge in [0.2, 0.25) is 0 Å². The van der Waals surface area contributed by atoms with Gasteiger partial charge in [-0.2, -0.15) is 5.10 Å². The van der Waals surface area contributed by atoms with E-state index in [0.29, 0.717) is 30.5 Å². The van der Waals surface area contributed by atoms with Crippen LogP contribution in [0.2, 0.25) is 0 Å². The molecule has 208 valence electrons. The van der Waals surface area contributed by atoms with Gasteiger partial charge in [0, 0.05) is 36.1 Å². The molecule has 1 aliphatic carbocycles. The van der Waals surface area contributed by atoms with Gasteiger partial charge in [-0.3, -0.25) is 0 Å². The Labute approximate surface area is 231 Å². The Balaban J connectivity index is 1.51. The lowest BCUT2D eigenvalue weighted by Crippen LogP contribution is -2.34. The fourth-order valence-corrected chi connectivity index (χ4v) is 6.99. The van der Waals surface area contributed by atoms with E-state index in [4.69, 9.17) is 23.9 Å². The highest BCUT2D eigenvalue weighted by Gasteiger charge is 2.42. The van der Waals surface area contributed by atoms with Crippen molar-refractivity contribution >= 4 is 33.4 Å². The molecule has 4 aromatic heterocycles. The highest BCUT2D eigenvalue weighted by atomic mass is 32.1. The van der Waals surface area contributed by atoms with Gasteiger partial charge in [-0.25, -0.2) is 23.8 Å². The van der Waals surface area contributed by atoms with Crippen LogP contribution in [-0.2, 0) is 14.2 Å². The first-order valence-corrected chi connectivity index (χ1v) is 14.3. The summed E-state index contributed by atoms with van der Waals surface area (Å²) in [7, 11) is 1.60. The summed E-state index contributed by atoms with van der Waals surface area (Å²) in [4.78, 5) is 24.2. The summed E-state index contributed by atoms with van der Waals surface area (Å²) in [6.45, 7) is 11.2. The van der Waals surface area contributed by atoms with E-state index in [0.717, 1.165) is 57.9 Å². The Kier molecular flexibility index (Phi) is 6.43. The fraction of sp³-hybridized carbons (Fsp3) is 0.571. The van der Waals surface area contributed by atoms with Gasteiger partial charge < -0.3 is 18.9 Å². The average molecular weight is 554 g/mol. The van der Waals surface area contributed by atoms with Crippen molar-refractivity contribution in [3.05, 3.63) is 29.2 Å². The summed E-state index contributed by atoms with van der Waals surface area (Å²) in [6, 6.07) is 1.90. The van der Waals surface area contributed by atoms with Gasteiger partial charge in [-0.05, 0) is 45.6 Å². The zero-order valence-electron chi connectivity index (χ0n) is 23.3. The van der Waals surface area contributed by atoms with Gasteiger partial charge in [0.05, 0.1) is 31.0 Å². The molecule has 0 radical (unpaired) electrons. The van der Waals surface area contributed by atoms with E-state index >= 15 is 0 Å². The Morgan fingerprint density at radius 1 is 1.21 bits per heavy atom. The average Bonchev–Trinajstić information content (AvgIpc) is 3.66. The number of rotatable bonds is 4. The number of nitrogens with zero attached hydrogens (tertiary/aromatic N) is 5. The molecule has 0 unspecified atom stereocenters. The van der Waals surface area contributed by atoms with Crippen molar-refractivity contribution in [3.8, 4) is 17.0 Å². The van der Waals surface area contributed by atoms with Crippen LogP contribution < -0.4 is 4.74 Å². The van der Waals surface area contributed by atoms with Gasteiger partial charge in [0.1, 0.15) is 22.3 Å². The number of fused-ring (bicyclic) bond motifs is 2. The smallest absolute Gasteiger partial charge is 0.420 e. The minimum Gasteiger partial charge on any atom is -0.493 e. The van der Waals surface area contributed by atoms with Crippen molar-refractivity contribution in [1.82, 2.24) is 24.1 Å². The first-order valence-electron chi connectivity index (χ1n) is 13.5. The standard InChI is InChI=1S/C28H35N5O5S/c1-16(2)20-21-25(39-24(31-21)17-7-9-28(10-8-17)36-11-12-37-28)33(26(34)38-27(3,4)5)22(20)18-13-19(35-6)23-29-15-30-32(23)14-18/h13-17H,7-12H2,1-6H3. The van der Waals surface area contributed by atoms with Crippen LogP contribution in [-0.4, -0.2) is 62.0 Å². The summed E-state index contributed by atoms with van der Waals surface area (Å²) in [5, 5.41) is 5.38. The molecule has 1 aliphatic heterocycles. The quantitative estimate of drug-likeness (QED) is 0.298. The number of ether oxygens (including phenoxy) is 4. The number of pyridine rings is 1. The third-order valence-corrected chi connectivity index (χ3v) is 8.66. The van der Waals surface area contributed by atoms with Gasteiger partial charge >= 0.3 is 6.09 Å². The second kappa shape index (κ2) is 9.57. The molecule has 1 saturated carbocycles. The summed E-state index contributed by atoms with van der Waals surface area (Å²) >= 11 is 1.58. The summed E-state index contributed by atoms with van der Waals surface area (Å²) in [5.74, 6) is 0.534. The van der Waals surface area contributed by atoms with E-state index in [1.54, 1.807) is 27.5 Å². The molecular formula is C28H35N5O5S. The second-order valence-corrected chi connectivity index (χ2v) is 12.7. The van der Waals surface area contributed by atoms with Crippen LogP contribution in [0.25, 0.3) is 27.3 Å². The number of carbonyl (C=O) groups excluding carboxylic acids is 1. The van der Waals surface area contributed by atoms with Crippen LogP contribution in [0.4, 0.5) is 4.79 Å². The van der Waals surface area contributed by atoms with Crippen LogP contribution in [0.5, 0.6) is 5.75 Å². The first kappa shape index (κ1) is 26.2. The molecular weight excluding hydrogens is 518 g/mol. The van der Waals surface area contributed by atoms with Crippen LogP contribution in [0, 0.1) is 0 Å². The minimum atomic E-state index is -0.664. The number of carbonyl (C=O) groups is 1. The third kappa shape index (κ3) is 4.60. The number of thiazole rings is 1. The van der Waals surface area contributed by atoms with Crippen molar-refractivity contribution in [1.29, 1.82) is 0 Å². The molecule has 39 heavy (non-hydrogen) atoms. The van der Waals surface area contributed by atoms with Crippen LogP contribution in [0.3, 0.4) is 0 Å². The molecule has 0 aromatic carbocycles. The van der Waals surface area contributed by atoms with Gasteiger partial charge in [0.15, 0.2) is 17.2 Å². The summed E-state index contributed by atoms with van der Waals surface area (Å²) in [5.41, 5.74) is 3.30. The molecule has 4 aromatic rings. The zero-order chi connectivity index (χ0) is 27.5. The van der Waals surface area contributed by atoms with E-state index in [-0.39, 0.29) is 5.92 Å². The number of methoxy groups -OCH3 is 1. The molecule has 10 nitrogen and oxygen atoms in total. The minimum absolute atomic E-state index is 0.0912. The molecule has 1 spiro atoms. The van der Waals surface area contributed by atoms with Crippen molar-refractivity contribution < 1.29 is 23.7 Å². The Hall–Kier alpha value is -3.02. The highest BCUT2D eigenvalue weighted by Crippen LogP contribution is 2.47.